The number of benzene rings is 1. The number of hydrogen-bond acceptors (Lipinski definition) is 2. The number of fused-ring (bicyclic) bond motifs is 1. The van der Waals surface area contributed by atoms with Crippen molar-refractivity contribution in [2.24, 2.45) is 0 Å². The lowest BCUT2D eigenvalue weighted by Gasteiger charge is -2.05. The summed E-state index contributed by atoms with van der Waals surface area (Å²) in [6.07, 6.45) is 6.51. The third kappa shape index (κ3) is 1.91. The molecule has 0 radical (unpaired) electrons. The highest BCUT2D eigenvalue weighted by Gasteiger charge is 2.02. The van der Waals surface area contributed by atoms with E-state index in [1.54, 1.807) is 12.4 Å². The summed E-state index contributed by atoms with van der Waals surface area (Å²) in [5.74, 6) is 0. The van der Waals surface area contributed by atoms with Crippen molar-refractivity contribution in [3.8, 4) is 0 Å². The zero-order chi connectivity index (χ0) is 12.4. The van der Waals surface area contributed by atoms with Crippen LogP contribution in [0.4, 0.5) is 0 Å². The Labute approximate surface area is 105 Å². The van der Waals surface area contributed by atoms with Gasteiger partial charge >= 0.3 is 0 Å². The van der Waals surface area contributed by atoms with Crippen LogP contribution in [0, 0.1) is 0 Å². The Bertz CT molecular complexity index is 686. The zero-order valence-electron chi connectivity index (χ0n) is 9.78. The third-order valence-corrected chi connectivity index (χ3v) is 3.03. The lowest BCUT2D eigenvalue weighted by molar-refractivity contribution is 0.112. The highest BCUT2D eigenvalue weighted by molar-refractivity contribution is 5.87. The largest absolute Gasteiger partial charge is 0.343 e. The predicted molar refractivity (Wildman–Crippen MR) is 70.7 cm³/mol. The summed E-state index contributed by atoms with van der Waals surface area (Å²) in [7, 11) is 0. The number of nitrogens with zero attached hydrogens (tertiary/aromatic N) is 2. The highest BCUT2D eigenvalue weighted by Crippen LogP contribution is 2.18. The summed E-state index contributed by atoms with van der Waals surface area (Å²) in [6.45, 7) is 0.812. The second kappa shape index (κ2) is 4.45. The van der Waals surface area contributed by atoms with E-state index in [0.29, 0.717) is 5.56 Å². The van der Waals surface area contributed by atoms with Crippen molar-refractivity contribution in [3.63, 3.8) is 0 Å². The Hall–Kier alpha value is -2.42. The molecule has 0 amide bonds. The van der Waals surface area contributed by atoms with Gasteiger partial charge in [-0.25, -0.2) is 0 Å². The number of rotatable bonds is 3. The minimum absolute atomic E-state index is 0.712. The fourth-order valence-corrected chi connectivity index (χ4v) is 2.11. The number of carbonyl (C=O) groups excluding carboxylic acids is 1. The van der Waals surface area contributed by atoms with Crippen molar-refractivity contribution < 1.29 is 4.79 Å². The Morgan fingerprint density at radius 2 is 1.94 bits per heavy atom. The molecule has 1 aromatic carbocycles. The van der Waals surface area contributed by atoms with Crippen LogP contribution in [0.25, 0.3) is 10.9 Å². The fourth-order valence-electron chi connectivity index (χ4n) is 2.11. The van der Waals surface area contributed by atoms with Gasteiger partial charge in [-0.15, -0.1) is 0 Å². The standard InChI is InChI=1S/C15H12N2O/c18-11-13-1-2-15-14(9-13)5-8-17(15)10-12-3-6-16-7-4-12/h1-9,11H,10H2. The van der Waals surface area contributed by atoms with Crippen LogP contribution in [-0.2, 0) is 6.54 Å². The summed E-state index contributed by atoms with van der Waals surface area (Å²) < 4.78 is 2.17. The summed E-state index contributed by atoms with van der Waals surface area (Å²) in [5.41, 5.74) is 3.06. The van der Waals surface area contributed by atoms with Crippen LogP contribution in [0.5, 0.6) is 0 Å². The van der Waals surface area contributed by atoms with E-state index in [4.69, 9.17) is 0 Å². The SMILES string of the molecule is O=Cc1ccc2c(ccn2Cc2ccncc2)c1. The van der Waals surface area contributed by atoms with Crippen LogP contribution >= 0.6 is 0 Å². The first-order valence-corrected chi connectivity index (χ1v) is 5.80. The van der Waals surface area contributed by atoms with Crippen molar-refractivity contribution in [1.29, 1.82) is 0 Å². The van der Waals surface area contributed by atoms with E-state index in [1.807, 2.05) is 42.6 Å². The average Bonchev–Trinajstić information content (AvgIpc) is 2.82. The van der Waals surface area contributed by atoms with E-state index in [1.165, 1.54) is 5.56 Å². The van der Waals surface area contributed by atoms with E-state index >= 15 is 0 Å². The second-order valence-corrected chi connectivity index (χ2v) is 4.24. The van der Waals surface area contributed by atoms with Crippen molar-refractivity contribution >= 4 is 17.2 Å². The maximum absolute atomic E-state index is 10.7. The molecule has 0 N–H and O–H groups in total. The van der Waals surface area contributed by atoms with E-state index in [2.05, 4.69) is 9.55 Å². The van der Waals surface area contributed by atoms with Gasteiger partial charge in [-0.1, -0.05) is 0 Å². The second-order valence-electron chi connectivity index (χ2n) is 4.24. The van der Waals surface area contributed by atoms with Crippen molar-refractivity contribution in [1.82, 2.24) is 9.55 Å². The monoisotopic (exact) mass is 236 g/mol. The molecule has 0 spiro atoms. The van der Waals surface area contributed by atoms with Gasteiger partial charge in [0, 0.05) is 41.6 Å². The average molecular weight is 236 g/mol. The highest BCUT2D eigenvalue weighted by atomic mass is 16.1. The van der Waals surface area contributed by atoms with Gasteiger partial charge < -0.3 is 4.57 Å². The Morgan fingerprint density at radius 1 is 1.11 bits per heavy atom. The number of aromatic nitrogens is 2. The summed E-state index contributed by atoms with van der Waals surface area (Å²) in [4.78, 5) is 14.7. The molecule has 0 aliphatic carbocycles. The summed E-state index contributed by atoms with van der Waals surface area (Å²) >= 11 is 0. The molecular formula is C15H12N2O. The van der Waals surface area contributed by atoms with Gasteiger partial charge in [-0.2, -0.15) is 0 Å². The van der Waals surface area contributed by atoms with Crippen molar-refractivity contribution in [2.75, 3.05) is 0 Å². The Morgan fingerprint density at radius 3 is 2.72 bits per heavy atom. The van der Waals surface area contributed by atoms with E-state index in [-0.39, 0.29) is 0 Å². The molecule has 0 saturated heterocycles. The Balaban J connectivity index is 2.00. The molecule has 2 aromatic heterocycles. The molecular weight excluding hydrogens is 224 g/mol. The molecule has 0 saturated carbocycles. The van der Waals surface area contributed by atoms with Gasteiger partial charge in [-0.3, -0.25) is 9.78 Å². The van der Waals surface area contributed by atoms with Crippen LogP contribution < -0.4 is 0 Å². The van der Waals surface area contributed by atoms with Gasteiger partial charge in [0.25, 0.3) is 0 Å². The minimum Gasteiger partial charge on any atom is -0.343 e. The first kappa shape index (κ1) is 10.7. The predicted octanol–water partition coefficient (Wildman–Crippen LogP) is 2.90. The molecule has 3 nitrogen and oxygen atoms in total. The van der Waals surface area contributed by atoms with Crippen LogP contribution in [0.1, 0.15) is 15.9 Å². The van der Waals surface area contributed by atoms with Crippen LogP contribution in [0.15, 0.2) is 55.0 Å². The summed E-state index contributed by atoms with van der Waals surface area (Å²) in [6, 6.07) is 11.8. The van der Waals surface area contributed by atoms with Gasteiger partial charge in [0.05, 0.1) is 0 Å². The smallest absolute Gasteiger partial charge is 0.150 e. The number of pyridine rings is 1. The number of carbonyl (C=O) groups is 1. The quantitative estimate of drug-likeness (QED) is 0.655. The van der Waals surface area contributed by atoms with Crippen molar-refractivity contribution in [3.05, 3.63) is 66.1 Å². The van der Waals surface area contributed by atoms with Crippen molar-refractivity contribution in [2.45, 2.75) is 6.54 Å². The van der Waals surface area contributed by atoms with Gasteiger partial charge in [0.15, 0.2) is 0 Å². The van der Waals surface area contributed by atoms with Crippen LogP contribution in [-0.4, -0.2) is 15.8 Å². The first-order chi connectivity index (χ1) is 8.86. The molecule has 2 heterocycles. The lowest BCUT2D eigenvalue weighted by atomic mass is 10.2. The number of aldehydes is 1. The molecule has 88 valence electrons. The lowest BCUT2D eigenvalue weighted by Crippen LogP contribution is -1.97. The molecule has 0 aliphatic rings. The third-order valence-electron chi connectivity index (χ3n) is 3.03. The molecule has 0 fully saturated rings. The fraction of sp³-hybridized carbons (Fsp3) is 0.0667. The molecule has 3 rings (SSSR count). The Kier molecular flexibility index (Phi) is 2.65. The van der Waals surface area contributed by atoms with Crippen LogP contribution in [0.3, 0.4) is 0 Å². The topological polar surface area (TPSA) is 34.9 Å². The molecule has 0 atom stereocenters. The first-order valence-electron chi connectivity index (χ1n) is 5.80. The number of hydrogen-bond donors (Lipinski definition) is 0. The molecule has 0 unspecified atom stereocenters. The maximum Gasteiger partial charge on any atom is 0.150 e. The van der Waals surface area contributed by atoms with Gasteiger partial charge in [0.2, 0.25) is 0 Å². The van der Waals surface area contributed by atoms with E-state index in [9.17, 15) is 4.79 Å². The van der Waals surface area contributed by atoms with Crippen LogP contribution in [0.2, 0.25) is 0 Å². The summed E-state index contributed by atoms with van der Waals surface area (Å²) in [5, 5.41) is 1.09. The maximum atomic E-state index is 10.7. The molecule has 3 aromatic rings. The molecule has 3 heteroatoms. The van der Waals surface area contributed by atoms with E-state index in [0.717, 1.165) is 23.7 Å². The zero-order valence-corrected chi connectivity index (χ0v) is 9.78. The minimum atomic E-state index is 0.712. The van der Waals surface area contributed by atoms with E-state index < -0.39 is 0 Å². The van der Waals surface area contributed by atoms with Gasteiger partial charge in [0.1, 0.15) is 6.29 Å². The molecule has 0 bridgehead atoms. The van der Waals surface area contributed by atoms with Gasteiger partial charge in [-0.05, 0) is 42.0 Å². The normalized spacial score (nSPS) is 10.7. The molecule has 18 heavy (non-hydrogen) atoms. The molecule has 0 aliphatic heterocycles.